The average Bonchev–Trinajstić information content (AvgIpc) is 2.15. The monoisotopic (exact) mass is 166 g/mol. The molecule has 0 aliphatic heterocycles. The van der Waals surface area contributed by atoms with Gasteiger partial charge in [0.05, 0.1) is 12.0 Å². The molecule has 1 aliphatic carbocycles. The van der Waals surface area contributed by atoms with E-state index in [-0.39, 0.29) is 5.92 Å². The highest BCUT2D eigenvalue weighted by molar-refractivity contribution is 4.94. The van der Waals surface area contributed by atoms with E-state index in [1.165, 1.54) is 19.3 Å². The largest absolute Gasteiger partial charge is 0.313 e. The van der Waals surface area contributed by atoms with E-state index in [4.69, 9.17) is 5.26 Å². The lowest BCUT2D eigenvalue weighted by atomic mass is 9.85. The second-order valence-corrected chi connectivity index (χ2v) is 3.58. The standard InChI is InChI=1S/C10H18N2/c1-2-7-12-10-6-4-3-5-9(10)8-11/h9-10,12H,2-7H2,1H3. The zero-order valence-electron chi connectivity index (χ0n) is 7.84. The molecule has 12 heavy (non-hydrogen) atoms. The summed E-state index contributed by atoms with van der Waals surface area (Å²) in [5, 5.41) is 12.3. The lowest BCUT2D eigenvalue weighted by molar-refractivity contribution is 0.313. The Hall–Kier alpha value is -0.550. The first-order valence-corrected chi connectivity index (χ1v) is 5.01. The maximum absolute atomic E-state index is 8.87. The maximum atomic E-state index is 8.87. The fourth-order valence-corrected chi connectivity index (χ4v) is 1.86. The zero-order valence-corrected chi connectivity index (χ0v) is 7.84. The Labute approximate surface area is 75.0 Å². The topological polar surface area (TPSA) is 35.8 Å². The number of rotatable bonds is 3. The first kappa shape index (κ1) is 9.54. The van der Waals surface area contributed by atoms with Crippen molar-refractivity contribution >= 4 is 0 Å². The molecule has 0 aromatic carbocycles. The van der Waals surface area contributed by atoms with Gasteiger partial charge in [-0.25, -0.2) is 0 Å². The third kappa shape index (κ3) is 2.49. The SMILES string of the molecule is CCCNC1CCCCC1C#N. The molecule has 1 N–H and O–H groups in total. The first-order valence-electron chi connectivity index (χ1n) is 5.01. The van der Waals surface area contributed by atoms with Gasteiger partial charge in [-0.15, -0.1) is 0 Å². The molecular weight excluding hydrogens is 148 g/mol. The molecule has 0 spiro atoms. The van der Waals surface area contributed by atoms with Crippen molar-refractivity contribution in [2.45, 2.75) is 45.1 Å². The molecule has 68 valence electrons. The van der Waals surface area contributed by atoms with E-state index in [1.807, 2.05) is 0 Å². The molecule has 2 nitrogen and oxygen atoms in total. The van der Waals surface area contributed by atoms with E-state index in [0.29, 0.717) is 6.04 Å². The summed E-state index contributed by atoms with van der Waals surface area (Å²) in [5.74, 6) is 0.269. The predicted octanol–water partition coefficient (Wildman–Crippen LogP) is 2.07. The molecule has 2 unspecified atom stereocenters. The Morgan fingerprint density at radius 3 is 2.83 bits per heavy atom. The van der Waals surface area contributed by atoms with Crippen molar-refractivity contribution in [1.82, 2.24) is 5.32 Å². The number of hydrogen-bond acceptors (Lipinski definition) is 2. The summed E-state index contributed by atoms with van der Waals surface area (Å²) >= 11 is 0. The normalized spacial score (nSPS) is 29.7. The van der Waals surface area contributed by atoms with Crippen LogP contribution in [0, 0.1) is 17.2 Å². The van der Waals surface area contributed by atoms with Gasteiger partial charge in [-0.1, -0.05) is 19.8 Å². The van der Waals surface area contributed by atoms with Crippen LogP contribution in [0.15, 0.2) is 0 Å². The average molecular weight is 166 g/mol. The van der Waals surface area contributed by atoms with Crippen LogP contribution < -0.4 is 5.32 Å². The molecule has 2 atom stereocenters. The molecule has 0 heterocycles. The van der Waals surface area contributed by atoms with Gasteiger partial charge in [-0.05, 0) is 25.8 Å². The van der Waals surface area contributed by atoms with Gasteiger partial charge in [0.2, 0.25) is 0 Å². The van der Waals surface area contributed by atoms with Crippen molar-refractivity contribution in [1.29, 1.82) is 5.26 Å². The van der Waals surface area contributed by atoms with E-state index in [9.17, 15) is 0 Å². The van der Waals surface area contributed by atoms with Crippen LogP contribution in [0.2, 0.25) is 0 Å². The molecule has 0 aromatic rings. The highest BCUT2D eigenvalue weighted by atomic mass is 14.9. The van der Waals surface area contributed by atoms with Crippen molar-refractivity contribution in [2.24, 2.45) is 5.92 Å². The van der Waals surface area contributed by atoms with Crippen LogP contribution in [-0.2, 0) is 0 Å². The van der Waals surface area contributed by atoms with Gasteiger partial charge in [0, 0.05) is 6.04 Å². The maximum Gasteiger partial charge on any atom is 0.0672 e. The summed E-state index contributed by atoms with van der Waals surface area (Å²) in [6, 6.07) is 2.88. The molecule has 1 rings (SSSR count). The number of nitrogens with zero attached hydrogens (tertiary/aromatic N) is 1. The summed E-state index contributed by atoms with van der Waals surface area (Å²) in [6.07, 6.45) is 5.98. The van der Waals surface area contributed by atoms with E-state index >= 15 is 0 Å². The van der Waals surface area contributed by atoms with Crippen LogP contribution in [0.1, 0.15) is 39.0 Å². The number of hydrogen-bond donors (Lipinski definition) is 1. The van der Waals surface area contributed by atoms with Gasteiger partial charge < -0.3 is 5.32 Å². The van der Waals surface area contributed by atoms with Crippen LogP contribution >= 0.6 is 0 Å². The van der Waals surface area contributed by atoms with Crippen LogP contribution in [0.5, 0.6) is 0 Å². The summed E-state index contributed by atoms with van der Waals surface area (Å²) in [4.78, 5) is 0. The lowest BCUT2D eigenvalue weighted by Gasteiger charge is -2.27. The van der Waals surface area contributed by atoms with Crippen LogP contribution in [0.4, 0.5) is 0 Å². The van der Waals surface area contributed by atoms with Crippen molar-refractivity contribution in [3.8, 4) is 6.07 Å². The second-order valence-electron chi connectivity index (χ2n) is 3.58. The zero-order chi connectivity index (χ0) is 8.81. The lowest BCUT2D eigenvalue weighted by Crippen LogP contribution is -2.38. The molecule has 0 saturated heterocycles. The Kier molecular flexibility index (Phi) is 4.10. The van der Waals surface area contributed by atoms with Gasteiger partial charge in [-0.2, -0.15) is 5.26 Å². The summed E-state index contributed by atoms with van der Waals surface area (Å²) < 4.78 is 0. The molecule has 1 fully saturated rings. The van der Waals surface area contributed by atoms with Gasteiger partial charge in [0.15, 0.2) is 0 Å². The van der Waals surface area contributed by atoms with E-state index in [0.717, 1.165) is 19.4 Å². The molecule has 0 aromatic heterocycles. The molecule has 1 saturated carbocycles. The fourth-order valence-electron chi connectivity index (χ4n) is 1.86. The summed E-state index contributed by atoms with van der Waals surface area (Å²) in [5.41, 5.74) is 0. The van der Waals surface area contributed by atoms with Crippen molar-refractivity contribution in [3.05, 3.63) is 0 Å². The molecule has 1 aliphatic rings. The van der Waals surface area contributed by atoms with Crippen LogP contribution in [0.25, 0.3) is 0 Å². The molecule has 0 radical (unpaired) electrons. The quantitative estimate of drug-likeness (QED) is 0.696. The fraction of sp³-hybridized carbons (Fsp3) is 0.900. The van der Waals surface area contributed by atoms with Gasteiger partial charge in [0.25, 0.3) is 0 Å². The molecule has 0 bridgehead atoms. The highest BCUT2D eigenvalue weighted by Crippen LogP contribution is 2.23. The van der Waals surface area contributed by atoms with Crippen molar-refractivity contribution in [3.63, 3.8) is 0 Å². The molecule has 2 heteroatoms. The minimum Gasteiger partial charge on any atom is -0.313 e. The third-order valence-corrected chi connectivity index (χ3v) is 2.59. The number of nitriles is 1. The van der Waals surface area contributed by atoms with E-state index in [2.05, 4.69) is 18.3 Å². The van der Waals surface area contributed by atoms with Gasteiger partial charge in [-0.3, -0.25) is 0 Å². The van der Waals surface area contributed by atoms with E-state index < -0.39 is 0 Å². The van der Waals surface area contributed by atoms with Gasteiger partial charge >= 0.3 is 0 Å². The first-order chi connectivity index (χ1) is 5.88. The summed E-state index contributed by atoms with van der Waals surface area (Å²) in [7, 11) is 0. The van der Waals surface area contributed by atoms with Crippen LogP contribution in [0.3, 0.4) is 0 Å². The Morgan fingerprint density at radius 1 is 1.42 bits per heavy atom. The highest BCUT2D eigenvalue weighted by Gasteiger charge is 2.23. The Morgan fingerprint density at radius 2 is 2.17 bits per heavy atom. The number of nitrogens with one attached hydrogen (secondary N) is 1. The molecular formula is C10H18N2. The third-order valence-electron chi connectivity index (χ3n) is 2.59. The smallest absolute Gasteiger partial charge is 0.0672 e. The van der Waals surface area contributed by atoms with Crippen LogP contribution in [-0.4, -0.2) is 12.6 Å². The minimum absolute atomic E-state index is 0.269. The summed E-state index contributed by atoms with van der Waals surface area (Å²) in [6.45, 7) is 3.22. The van der Waals surface area contributed by atoms with Gasteiger partial charge in [0.1, 0.15) is 0 Å². The van der Waals surface area contributed by atoms with E-state index in [1.54, 1.807) is 0 Å². The minimum atomic E-state index is 0.269. The second kappa shape index (κ2) is 5.16. The Bertz CT molecular complexity index is 160. The molecule has 0 amide bonds. The van der Waals surface area contributed by atoms with Crippen molar-refractivity contribution < 1.29 is 0 Å². The van der Waals surface area contributed by atoms with Crippen molar-refractivity contribution in [2.75, 3.05) is 6.54 Å². The Balaban J connectivity index is 2.32. The predicted molar refractivity (Wildman–Crippen MR) is 49.7 cm³/mol.